The van der Waals surface area contributed by atoms with E-state index < -0.39 is 23.9 Å². The number of nitrogens with two attached hydrogens (primary N) is 1. The zero-order chi connectivity index (χ0) is 12.7. The Morgan fingerprint density at radius 2 is 1.94 bits per heavy atom. The highest BCUT2D eigenvalue weighted by Crippen LogP contribution is 1.95. The van der Waals surface area contributed by atoms with Crippen molar-refractivity contribution >= 4 is 17.9 Å². The van der Waals surface area contributed by atoms with Gasteiger partial charge in [-0.15, -0.1) is 0 Å². The molecule has 16 heavy (non-hydrogen) atoms. The molecule has 0 unspecified atom stereocenters. The maximum absolute atomic E-state index is 11.5. The molecule has 1 atom stereocenters. The second kappa shape index (κ2) is 6.65. The molecule has 0 aromatic carbocycles. The predicted molar refractivity (Wildman–Crippen MR) is 56.7 cm³/mol. The number of rotatable bonds is 6. The molecule has 0 fully saturated rings. The highest BCUT2D eigenvalue weighted by molar-refractivity contribution is 5.86. The monoisotopic (exact) mass is 231 g/mol. The van der Waals surface area contributed by atoms with Gasteiger partial charge in [-0.25, -0.2) is 9.59 Å². The van der Waals surface area contributed by atoms with Gasteiger partial charge in [0.2, 0.25) is 5.91 Å². The van der Waals surface area contributed by atoms with Crippen LogP contribution < -0.4 is 11.1 Å². The molecule has 0 radical (unpaired) electrons. The Labute approximate surface area is 93.6 Å². The van der Waals surface area contributed by atoms with E-state index in [4.69, 9.17) is 10.8 Å². The fourth-order valence-electron chi connectivity index (χ4n) is 1.09. The first-order valence-electron chi connectivity index (χ1n) is 4.98. The number of carboxylic acid groups (broad SMARTS) is 1. The van der Waals surface area contributed by atoms with Crippen LogP contribution in [-0.2, 0) is 9.59 Å². The van der Waals surface area contributed by atoms with Gasteiger partial charge in [-0.1, -0.05) is 6.92 Å². The molecular formula is C9H17N3O4. The van der Waals surface area contributed by atoms with Gasteiger partial charge in [-0.2, -0.15) is 0 Å². The minimum absolute atomic E-state index is 0.224. The van der Waals surface area contributed by atoms with E-state index in [1.165, 1.54) is 0 Å². The summed E-state index contributed by atoms with van der Waals surface area (Å²) in [6.45, 7) is 3.37. The fourth-order valence-corrected chi connectivity index (χ4v) is 1.09. The van der Waals surface area contributed by atoms with E-state index in [0.29, 0.717) is 0 Å². The van der Waals surface area contributed by atoms with Crippen molar-refractivity contribution in [2.45, 2.75) is 26.3 Å². The van der Waals surface area contributed by atoms with Crippen LogP contribution in [0.25, 0.3) is 0 Å². The van der Waals surface area contributed by atoms with Gasteiger partial charge in [0.15, 0.2) is 0 Å². The molecule has 0 bridgehead atoms. The summed E-state index contributed by atoms with van der Waals surface area (Å²) in [7, 11) is 0. The SMILES string of the molecule is CC[C@@H](NC(=O)N(CC)CC(N)=O)C(=O)O. The van der Waals surface area contributed by atoms with Gasteiger partial charge < -0.3 is 21.1 Å². The molecule has 0 aliphatic carbocycles. The lowest BCUT2D eigenvalue weighted by Crippen LogP contribution is -2.49. The van der Waals surface area contributed by atoms with Crippen molar-refractivity contribution in [2.24, 2.45) is 5.73 Å². The largest absolute Gasteiger partial charge is 0.480 e. The Morgan fingerprint density at radius 3 is 2.25 bits per heavy atom. The van der Waals surface area contributed by atoms with Crippen LogP contribution in [0.15, 0.2) is 0 Å². The minimum atomic E-state index is -1.11. The van der Waals surface area contributed by atoms with Crippen molar-refractivity contribution in [1.29, 1.82) is 0 Å². The number of hydrogen-bond acceptors (Lipinski definition) is 3. The first-order valence-corrected chi connectivity index (χ1v) is 4.98. The lowest BCUT2D eigenvalue weighted by molar-refractivity contribution is -0.139. The van der Waals surface area contributed by atoms with Crippen LogP contribution in [-0.4, -0.2) is 47.0 Å². The molecule has 7 nitrogen and oxygen atoms in total. The van der Waals surface area contributed by atoms with Gasteiger partial charge in [0.05, 0.1) is 0 Å². The summed E-state index contributed by atoms with van der Waals surface area (Å²) in [5, 5.41) is 11.0. The zero-order valence-electron chi connectivity index (χ0n) is 9.40. The van der Waals surface area contributed by atoms with Crippen LogP contribution in [0.5, 0.6) is 0 Å². The van der Waals surface area contributed by atoms with Gasteiger partial charge in [-0.05, 0) is 13.3 Å². The maximum atomic E-state index is 11.5. The fraction of sp³-hybridized carbons (Fsp3) is 0.667. The van der Waals surface area contributed by atoms with Crippen LogP contribution in [0.2, 0.25) is 0 Å². The first-order chi connectivity index (χ1) is 7.42. The average molecular weight is 231 g/mol. The summed E-state index contributed by atoms with van der Waals surface area (Å²) in [6.07, 6.45) is 0.273. The number of urea groups is 1. The van der Waals surface area contributed by atoms with Crippen molar-refractivity contribution in [2.75, 3.05) is 13.1 Å². The molecule has 0 heterocycles. The number of carbonyl (C=O) groups excluding carboxylic acids is 2. The highest BCUT2D eigenvalue weighted by Gasteiger charge is 2.21. The minimum Gasteiger partial charge on any atom is -0.480 e. The lowest BCUT2D eigenvalue weighted by Gasteiger charge is -2.22. The average Bonchev–Trinajstić information content (AvgIpc) is 2.21. The van der Waals surface area contributed by atoms with Gasteiger partial charge in [0.25, 0.3) is 0 Å². The number of hydrogen-bond donors (Lipinski definition) is 3. The molecule has 0 saturated heterocycles. The van der Waals surface area contributed by atoms with Crippen molar-refractivity contribution in [1.82, 2.24) is 10.2 Å². The van der Waals surface area contributed by atoms with Gasteiger partial charge in [0, 0.05) is 6.54 Å². The molecule has 0 saturated carbocycles. The Hall–Kier alpha value is -1.79. The summed E-state index contributed by atoms with van der Waals surface area (Å²) < 4.78 is 0. The van der Waals surface area contributed by atoms with E-state index in [1.54, 1.807) is 13.8 Å². The maximum Gasteiger partial charge on any atom is 0.326 e. The number of nitrogens with zero attached hydrogens (tertiary/aromatic N) is 1. The molecule has 0 rings (SSSR count). The van der Waals surface area contributed by atoms with Gasteiger partial charge in [-0.3, -0.25) is 4.79 Å². The predicted octanol–water partition coefficient (Wildman–Crippen LogP) is -0.634. The molecule has 0 spiro atoms. The Bertz CT molecular complexity index is 280. The van der Waals surface area contributed by atoms with Crippen molar-refractivity contribution < 1.29 is 19.5 Å². The lowest BCUT2D eigenvalue weighted by atomic mass is 10.2. The number of carboxylic acids is 1. The summed E-state index contributed by atoms with van der Waals surface area (Å²) in [5.41, 5.74) is 4.95. The number of aliphatic carboxylic acids is 1. The summed E-state index contributed by atoms with van der Waals surface area (Å²) in [5.74, 6) is -1.74. The van der Waals surface area contributed by atoms with E-state index >= 15 is 0 Å². The van der Waals surface area contributed by atoms with E-state index in [-0.39, 0.29) is 19.5 Å². The molecule has 4 N–H and O–H groups in total. The van der Waals surface area contributed by atoms with Crippen LogP contribution in [0, 0.1) is 0 Å². The molecule has 0 aromatic heterocycles. The molecule has 0 aliphatic heterocycles. The molecule has 7 heteroatoms. The number of amides is 3. The Morgan fingerprint density at radius 1 is 1.38 bits per heavy atom. The molecule has 3 amide bonds. The van der Waals surface area contributed by atoms with E-state index in [9.17, 15) is 14.4 Å². The van der Waals surface area contributed by atoms with Crippen LogP contribution >= 0.6 is 0 Å². The number of carbonyl (C=O) groups is 3. The summed E-state index contributed by atoms with van der Waals surface area (Å²) in [4.78, 5) is 34.0. The summed E-state index contributed by atoms with van der Waals surface area (Å²) >= 11 is 0. The molecule has 0 aliphatic rings. The van der Waals surface area contributed by atoms with Crippen LogP contribution in [0.4, 0.5) is 4.79 Å². The van der Waals surface area contributed by atoms with Gasteiger partial charge in [0.1, 0.15) is 12.6 Å². The molecular weight excluding hydrogens is 214 g/mol. The smallest absolute Gasteiger partial charge is 0.326 e. The number of likely N-dealkylation sites (N-methyl/N-ethyl adjacent to an activating group) is 1. The van der Waals surface area contributed by atoms with Crippen LogP contribution in [0.1, 0.15) is 20.3 Å². The molecule has 0 aromatic rings. The van der Waals surface area contributed by atoms with E-state index in [0.717, 1.165) is 4.90 Å². The third-order valence-electron chi connectivity index (χ3n) is 2.02. The van der Waals surface area contributed by atoms with Crippen LogP contribution in [0.3, 0.4) is 0 Å². The first kappa shape index (κ1) is 14.2. The quantitative estimate of drug-likeness (QED) is 0.564. The second-order valence-corrected chi connectivity index (χ2v) is 3.23. The van der Waals surface area contributed by atoms with Crippen molar-refractivity contribution in [3.8, 4) is 0 Å². The van der Waals surface area contributed by atoms with E-state index in [1.807, 2.05) is 0 Å². The third kappa shape index (κ3) is 4.63. The summed E-state index contributed by atoms with van der Waals surface area (Å²) in [6, 6.07) is -1.55. The zero-order valence-corrected chi connectivity index (χ0v) is 9.40. The normalized spacial score (nSPS) is 11.6. The van der Waals surface area contributed by atoms with E-state index in [2.05, 4.69) is 5.32 Å². The number of primary amides is 1. The molecule has 92 valence electrons. The Balaban J connectivity index is 4.40. The van der Waals surface area contributed by atoms with Gasteiger partial charge >= 0.3 is 12.0 Å². The van der Waals surface area contributed by atoms with Crippen molar-refractivity contribution in [3.63, 3.8) is 0 Å². The highest BCUT2D eigenvalue weighted by atomic mass is 16.4. The van der Waals surface area contributed by atoms with Crippen molar-refractivity contribution in [3.05, 3.63) is 0 Å². The topological polar surface area (TPSA) is 113 Å². The standard InChI is InChI=1S/C9H17N3O4/c1-3-6(8(14)15)11-9(16)12(4-2)5-7(10)13/h6H,3-5H2,1-2H3,(H2,10,13)(H,11,16)(H,14,15)/t6-/m1/s1. The Kier molecular flexibility index (Phi) is 5.91. The number of nitrogens with one attached hydrogen (secondary N) is 1. The third-order valence-corrected chi connectivity index (χ3v) is 2.02. The second-order valence-electron chi connectivity index (χ2n) is 3.23.